The lowest BCUT2D eigenvalue weighted by molar-refractivity contribution is 0.424. The van der Waals surface area contributed by atoms with E-state index in [9.17, 15) is 0 Å². The molecule has 1 aromatic rings. The lowest BCUT2D eigenvalue weighted by Crippen LogP contribution is -2.26. The molecule has 0 bridgehead atoms. The quantitative estimate of drug-likeness (QED) is 0.832. The molecule has 1 unspecified atom stereocenters. The van der Waals surface area contributed by atoms with E-state index in [-0.39, 0.29) is 0 Å². The Labute approximate surface area is 99.2 Å². The summed E-state index contributed by atoms with van der Waals surface area (Å²) < 4.78 is 2.16. The zero-order valence-corrected chi connectivity index (χ0v) is 11.5. The molecule has 0 spiro atoms. The molecule has 0 aliphatic carbocycles. The minimum absolute atomic E-state index is 0.471. The van der Waals surface area contributed by atoms with Gasteiger partial charge < -0.3 is 5.32 Å². The summed E-state index contributed by atoms with van der Waals surface area (Å²) in [4.78, 5) is 0. The molecule has 0 radical (unpaired) electrons. The van der Waals surface area contributed by atoms with Crippen LogP contribution in [0.1, 0.15) is 50.2 Å². The summed E-state index contributed by atoms with van der Waals surface area (Å²) in [6, 6.07) is 1.04. The summed E-state index contributed by atoms with van der Waals surface area (Å²) in [7, 11) is 0. The third kappa shape index (κ3) is 3.08. The summed E-state index contributed by atoms with van der Waals surface area (Å²) in [5.41, 5.74) is 3.78. The molecule has 1 aromatic heterocycles. The van der Waals surface area contributed by atoms with Gasteiger partial charge in [0.25, 0.3) is 0 Å². The molecule has 0 aromatic carbocycles. The monoisotopic (exact) mass is 223 g/mol. The van der Waals surface area contributed by atoms with Gasteiger partial charge in [-0.1, -0.05) is 13.8 Å². The van der Waals surface area contributed by atoms with Crippen LogP contribution in [0.25, 0.3) is 0 Å². The van der Waals surface area contributed by atoms with Crippen molar-refractivity contribution in [3.05, 3.63) is 17.0 Å². The van der Waals surface area contributed by atoms with Crippen molar-refractivity contribution in [2.45, 2.75) is 60.0 Å². The topological polar surface area (TPSA) is 29.9 Å². The second kappa shape index (κ2) is 5.48. The first-order valence-electron chi connectivity index (χ1n) is 6.19. The van der Waals surface area contributed by atoms with Crippen LogP contribution in [-0.4, -0.2) is 22.4 Å². The molecule has 0 saturated heterocycles. The van der Waals surface area contributed by atoms with Crippen molar-refractivity contribution in [2.24, 2.45) is 0 Å². The smallest absolute Gasteiger partial charge is 0.0625 e. The number of hydrogen-bond donors (Lipinski definition) is 1. The zero-order valence-electron chi connectivity index (χ0n) is 11.5. The molecule has 16 heavy (non-hydrogen) atoms. The van der Waals surface area contributed by atoms with Gasteiger partial charge in [0.05, 0.1) is 11.7 Å². The number of hydrogen-bond acceptors (Lipinski definition) is 2. The third-order valence-electron chi connectivity index (χ3n) is 3.22. The van der Waals surface area contributed by atoms with E-state index in [4.69, 9.17) is 0 Å². The van der Waals surface area contributed by atoms with Crippen LogP contribution >= 0.6 is 0 Å². The van der Waals surface area contributed by atoms with Crippen LogP contribution in [0.4, 0.5) is 0 Å². The fourth-order valence-corrected chi connectivity index (χ4v) is 1.88. The van der Waals surface area contributed by atoms with E-state index in [1.165, 1.54) is 11.3 Å². The van der Waals surface area contributed by atoms with E-state index in [1.54, 1.807) is 0 Å². The van der Waals surface area contributed by atoms with Gasteiger partial charge in [0.15, 0.2) is 0 Å². The summed E-state index contributed by atoms with van der Waals surface area (Å²) in [5.74, 6) is 0. The molecule has 0 aliphatic heterocycles. The third-order valence-corrected chi connectivity index (χ3v) is 3.22. The van der Waals surface area contributed by atoms with Gasteiger partial charge in [-0.2, -0.15) is 5.10 Å². The molecule has 0 aliphatic rings. The van der Waals surface area contributed by atoms with Gasteiger partial charge in [-0.15, -0.1) is 0 Å². The predicted octanol–water partition coefficient (Wildman–Crippen LogP) is 2.76. The Balaban J connectivity index is 2.59. The Kier molecular flexibility index (Phi) is 4.54. The van der Waals surface area contributed by atoms with Crippen LogP contribution in [0.5, 0.6) is 0 Å². The van der Waals surface area contributed by atoms with Crippen molar-refractivity contribution in [1.29, 1.82) is 0 Å². The first kappa shape index (κ1) is 13.2. The molecule has 3 heteroatoms. The zero-order chi connectivity index (χ0) is 12.3. The molecule has 1 atom stereocenters. The van der Waals surface area contributed by atoms with Crippen LogP contribution in [0.15, 0.2) is 0 Å². The number of nitrogens with zero attached hydrogens (tertiary/aromatic N) is 2. The molecule has 1 heterocycles. The summed E-state index contributed by atoms with van der Waals surface area (Å²) in [6.07, 6.45) is 1.12. The first-order valence-corrected chi connectivity index (χ1v) is 6.19. The Morgan fingerprint density at radius 3 is 2.25 bits per heavy atom. The predicted molar refractivity (Wildman–Crippen MR) is 68.9 cm³/mol. The van der Waals surface area contributed by atoms with Gasteiger partial charge in [0.1, 0.15) is 0 Å². The van der Waals surface area contributed by atoms with Crippen LogP contribution in [0.3, 0.4) is 0 Å². The lowest BCUT2D eigenvalue weighted by atomic mass is 10.2. The molecule has 0 saturated carbocycles. The average Bonchev–Trinajstić information content (AvgIpc) is 2.45. The van der Waals surface area contributed by atoms with Gasteiger partial charge in [-0.25, -0.2) is 0 Å². The van der Waals surface area contributed by atoms with E-state index in [0.29, 0.717) is 12.1 Å². The highest BCUT2D eigenvalue weighted by Crippen LogP contribution is 2.17. The van der Waals surface area contributed by atoms with E-state index in [1.807, 2.05) is 0 Å². The SMILES string of the molecule is Cc1nn(C(C)CCNC(C)C)c(C)c1C. The van der Waals surface area contributed by atoms with Crippen LogP contribution in [0.2, 0.25) is 0 Å². The van der Waals surface area contributed by atoms with E-state index in [2.05, 4.69) is 56.6 Å². The second-order valence-corrected chi connectivity index (χ2v) is 4.99. The van der Waals surface area contributed by atoms with Crippen molar-refractivity contribution in [3.63, 3.8) is 0 Å². The maximum atomic E-state index is 4.60. The molecule has 1 rings (SSSR count). The van der Waals surface area contributed by atoms with Gasteiger partial charge in [-0.05, 0) is 46.2 Å². The average molecular weight is 223 g/mol. The fourth-order valence-electron chi connectivity index (χ4n) is 1.88. The molecule has 0 amide bonds. The van der Waals surface area contributed by atoms with E-state index >= 15 is 0 Å². The van der Waals surface area contributed by atoms with Crippen molar-refractivity contribution < 1.29 is 0 Å². The van der Waals surface area contributed by atoms with Gasteiger partial charge in [-0.3, -0.25) is 4.68 Å². The van der Waals surface area contributed by atoms with Crippen molar-refractivity contribution >= 4 is 0 Å². The van der Waals surface area contributed by atoms with Crippen molar-refractivity contribution in [3.8, 4) is 0 Å². The highest BCUT2D eigenvalue weighted by molar-refractivity contribution is 5.22. The maximum Gasteiger partial charge on any atom is 0.0625 e. The molecule has 0 fully saturated rings. The second-order valence-electron chi connectivity index (χ2n) is 4.99. The highest BCUT2D eigenvalue weighted by atomic mass is 15.3. The van der Waals surface area contributed by atoms with Crippen LogP contribution in [0, 0.1) is 20.8 Å². The van der Waals surface area contributed by atoms with Crippen LogP contribution in [-0.2, 0) is 0 Å². The number of nitrogens with one attached hydrogen (secondary N) is 1. The summed E-state index contributed by atoms with van der Waals surface area (Å²) >= 11 is 0. The minimum Gasteiger partial charge on any atom is -0.314 e. The standard InChI is InChI=1S/C13H25N3/c1-9(2)14-8-7-10(3)16-13(6)11(4)12(5)15-16/h9-10,14H,7-8H2,1-6H3. The molecular weight excluding hydrogens is 198 g/mol. The lowest BCUT2D eigenvalue weighted by Gasteiger charge is -2.16. The van der Waals surface area contributed by atoms with Gasteiger partial charge in [0.2, 0.25) is 0 Å². The number of aromatic nitrogens is 2. The normalized spacial score (nSPS) is 13.4. The minimum atomic E-state index is 0.471. The van der Waals surface area contributed by atoms with Gasteiger partial charge >= 0.3 is 0 Å². The number of aryl methyl sites for hydroxylation is 1. The van der Waals surface area contributed by atoms with Gasteiger partial charge in [0, 0.05) is 11.7 Å². The number of rotatable bonds is 5. The molecule has 1 N–H and O–H groups in total. The molecule has 3 nitrogen and oxygen atoms in total. The molecule has 92 valence electrons. The van der Waals surface area contributed by atoms with E-state index in [0.717, 1.165) is 18.7 Å². The fraction of sp³-hybridized carbons (Fsp3) is 0.769. The maximum absolute atomic E-state index is 4.60. The van der Waals surface area contributed by atoms with Crippen LogP contribution < -0.4 is 5.32 Å². The first-order chi connectivity index (χ1) is 7.43. The molecular formula is C13H25N3. The Bertz CT molecular complexity index is 339. The Morgan fingerprint density at radius 2 is 1.81 bits per heavy atom. The van der Waals surface area contributed by atoms with E-state index < -0.39 is 0 Å². The Hall–Kier alpha value is -0.830. The van der Waals surface area contributed by atoms with Crippen molar-refractivity contribution in [1.82, 2.24) is 15.1 Å². The summed E-state index contributed by atoms with van der Waals surface area (Å²) in [5, 5.41) is 8.04. The highest BCUT2D eigenvalue weighted by Gasteiger charge is 2.12. The van der Waals surface area contributed by atoms with Crippen molar-refractivity contribution in [2.75, 3.05) is 6.54 Å². The Morgan fingerprint density at radius 1 is 1.19 bits per heavy atom. The largest absolute Gasteiger partial charge is 0.314 e. The summed E-state index contributed by atoms with van der Waals surface area (Å²) in [6.45, 7) is 14.0.